The van der Waals surface area contributed by atoms with Crippen LogP contribution in [0.4, 0.5) is 0 Å². The van der Waals surface area contributed by atoms with Crippen LogP contribution in [0.5, 0.6) is 11.5 Å². The Morgan fingerprint density at radius 2 is 1.85 bits per heavy atom. The molecule has 1 rings (SSSR count). The van der Waals surface area contributed by atoms with E-state index in [-0.39, 0.29) is 19.1 Å². The predicted octanol–water partition coefficient (Wildman–Crippen LogP) is 1.30. The molecule has 0 aliphatic rings. The molecule has 0 saturated carbocycles. The van der Waals surface area contributed by atoms with Gasteiger partial charge in [0.05, 0.1) is 12.5 Å². The van der Waals surface area contributed by atoms with Gasteiger partial charge in [0.15, 0.2) is 18.1 Å². The molecule has 6 nitrogen and oxygen atoms in total. The van der Waals surface area contributed by atoms with Crippen LogP contribution in [0.1, 0.15) is 13.8 Å². The summed E-state index contributed by atoms with van der Waals surface area (Å²) < 4.78 is 10.7. The number of nitrogens with one attached hydrogen (secondary N) is 1. The number of ether oxygens (including phenoxy) is 2. The number of carboxylic acid groups (broad SMARTS) is 1. The summed E-state index contributed by atoms with van der Waals surface area (Å²) in [6.45, 7) is 3.77. The summed E-state index contributed by atoms with van der Waals surface area (Å²) in [5, 5.41) is 11.2. The number of hydrogen-bond donors (Lipinski definition) is 2. The fraction of sp³-hybridized carbons (Fsp3) is 0.429. The average Bonchev–Trinajstić information content (AvgIpc) is 2.44. The Labute approximate surface area is 117 Å². The highest BCUT2D eigenvalue weighted by Crippen LogP contribution is 2.26. The number of rotatable bonds is 8. The standard InChI is InChI=1S/C14H19NO5/c1-3-19-11-6-4-5-7-12(11)20-9-13(16)15-8-10(2)14(17)18/h4-7,10H,3,8-9H2,1-2H3,(H,15,16)(H,17,18). The number of amides is 1. The van der Waals surface area contributed by atoms with E-state index in [1.54, 1.807) is 18.2 Å². The molecular formula is C14H19NO5. The quantitative estimate of drug-likeness (QED) is 0.750. The van der Waals surface area contributed by atoms with Crippen molar-refractivity contribution in [2.24, 2.45) is 5.92 Å². The van der Waals surface area contributed by atoms with Crippen molar-refractivity contribution in [3.8, 4) is 11.5 Å². The van der Waals surface area contributed by atoms with Crippen LogP contribution >= 0.6 is 0 Å². The third-order valence-electron chi connectivity index (χ3n) is 2.53. The summed E-state index contributed by atoms with van der Waals surface area (Å²) in [4.78, 5) is 22.2. The van der Waals surface area contributed by atoms with E-state index < -0.39 is 11.9 Å². The SMILES string of the molecule is CCOc1ccccc1OCC(=O)NCC(C)C(=O)O. The molecule has 0 fully saturated rings. The first-order chi connectivity index (χ1) is 9.54. The van der Waals surface area contributed by atoms with Crippen LogP contribution in [-0.4, -0.2) is 36.7 Å². The van der Waals surface area contributed by atoms with Gasteiger partial charge in [-0.2, -0.15) is 0 Å². The molecule has 110 valence electrons. The number of aliphatic carboxylic acids is 1. The molecular weight excluding hydrogens is 262 g/mol. The Bertz CT molecular complexity index is 461. The average molecular weight is 281 g/mol. The summed E-state index contributed by atoms with van der Waals surface area (Å²) in [5.41, 5.74) is 0. The second-order valence-electron chi connectivity index (χ2n) is 4.21. The van der Waals surface area contributed by atoms with E-state index in [0.29, 0.717) is 18.1 Å². The van der Waals surface area contributed by atoms with Gasteiger partial charge in [0, 0.05) is 6.54 Å². The van der Waals surface area contributed by atoms with Crippen LogP contribution in [0.2, 0.25) is 0 Å². The minimum atomic E-state index is -0.951. The molecule has 0 saturated heterocycles. The third-order valence-corrected chi connectivity index (χ3v) is 2.53. The van der Waals surface area contributed by atoms with Crippen LogP contribution in [0.3, 0.4) is 0 Å². The van der Waals surface area contributed by atoms with E-state index >= 15 is 0 Å². The minimum absolute atomic E-state index is 0.0740. The first kappa shape index (κ1) is 15.8. The lowest BCUT2D eigenvalue weighted by molar-refractivity contribution is -0.141. The smallest absolute Gasteiger partial charge is 0.308 e. The lowest BCUT2D eigenvalue weighted by Gasteiger charge is -2.12. The molecule has 1 aromatic rings. The number of benzene rings is 1. The fourth-order valence-electron chi connectivity index (χ4n) is 1.39. The van der Waals surface area contributed by atoms with Gasteiger partial charge in [0.1, 0.15) is 0 Å². The van der Waals surface area contributed by atoms with E-state index in [1.165, 1.54) is 6.92 Å². The Kier molecular flexibility index (Phi) is 6.36. The first-order valence-electron chi connectivity index (χ1n) is 6.38. The molecule has 0 radical (unpaired) electrons. The monoisotopic (exact) mass is 281 g/mol. The van der Waals surface area contributed by atoms with E-state index in [0.717, 1.165) is 0 Å². The van der Waals surface area contributed by atoms with E-state index in [2.05, 4.69) is 5.32 Å². The molecule has 0 aliphatic heterocycles. The highest BCUT2D eigenvalue weighted by atomic mass is 16.5. The second-order valence-corrected chi connectivity index (χ2v) is 4.21. The zero-order valence-corrected chi connectivity index (χ0v) is 11.6. The van der Waals surface area contributed by atoms with Crippen molar-refractivity contribution in [3.63, 3.8) is 0 Å². The summed E-state index contributed by atoms with van der Waals surface area (Å²) in [5.74, 6) is -0.899. The number of hydrogen-bond acceptors (Lipinski definition) is 4. The molecule has 6 heteroatoms. The highest BCUT2D eigenvalue weighted by Gasteiger charge is 2.13. The molecule has 1 atom stereocenters. The molecule has 2 N–H and O–H groups in total. The number of carbonyl (C=O) groups is 2. The third kappa shape index (κ3) is 5.17. The van der Waals surface area contributed by atoms with Gasteiger partial charge in [-0.3, -0.25) is 9.59 Å². The van der Waals surface area contributed by atoms with E-state index in [4.69, 9.17) is 14.6 Å². The van der Waals surface area contributed by atoms with Crippen molar-refractivity contribution in [2.75, 3.05) is 19.8 Å². The summed E-state index contributed by atoms with van der Waals surface area (Å²) in [6.07, 6.45) is 0. The molecule has 1 aromatic carbocycles. The Morgan fingerprint density at radius 3 is 2.40 bits per heavy atom. The molecule has 1 unspecified atom stereocenters. The maximum absolute atomic E-state index is 11.5. The van der Waals surface area contributed by atoms with Gasteiger partial charge in [0.2, 0.25) is 0 Å². The van der Waals surface area contributed by atoms with Crippen molar-refractivity contribution in [1.29, 1.82) is 0 Å². The Balaban J connectivity index is 2.43. The van der Waals surface area contributed by atoms with Crippen LogP contribution in [0.15, 0.2) is 24.3 Å². The van der Waals surface area contributed by atoms with Crippen molar-refractivity contribution in [2.45, 2.75) is 13.8 Å². The topological polar surface area (TPSA) is 84.9 Å². The van der Waals surface area contributed by atoms with Gasteiger partial charge in [-0.15, -0.1) is 0 Å². The van der Waals surface area contributed by atoms with Gasteiger partial charge in [-0.1, -0.05) is 19.1 Å². The summed E-state index contributed by atoms with van der Waals surface area (Å²) >= 11 is 0. The van der Waals surface area contributed by atoms with Crippen LogP contribution in [0.25, 0.3) is 0 Å². The maximum Gasteiger partial charge on any atom is 0.308 e. The van der Waals surface area contributed by atoms with Gasteiger partial charge < -0.3 is 19.9 Å². The fourth-order valence-corrected chi connectivity index (χ4v) is 1.39. The number of carbonyl (C=O) groups excluding carboxylic acids is 1. The normalized spacial score (nSPS) is 11.5. The van der Waals surface area contributed by atoms with Crippen molar-refractivity contribution >= 4 is 11.9 Å². The molecule has 0 aliphatic carbocycles. The second kappa shape index (κ2) is 8.04. The molecule has 0 heterocycles. The predicted molar refractivity (Wildman–Crippen MR) is 72.9 cm³/mol. The lowest BCUT2D eigenvalue weighted by Crippen LogP contribution is -2.34. The van der Waals surface area contributed by atoms with Gasteiger partial charge in [0.25, 0.3) is 5.91 Å². The minimum Gasteiger partial charge on any atom is -0.490 e. The zero-order chi connectivity index (χ0) is 15.0. The van der Waals surface area contributed by atoms with Gasteiger partial charge in [-0.05, 0) is 19.1 Å². The number of carboxylic acids is 1. The Hall–Kier alpha value is -2.24. The van der Waals surface area contributed by atoms with Crippen molar-refractivity contribution in [3.05, 3.63) is 24.3 Å². The number of para-hydroxylation sites is 2. The van der Waals surface area contributed by atoms with Gasteiger partial charge >= 0.3 is 5.97 Å². The Morgan fingerprint density at radius 1 is 1.25 bits per heavy atom. The molecule has 0 bridgehead atoms. The largest absolute Gasteiger partial charge is 0.490 e. The van der Waals surface area contributed by atoms with Crippen molar-refractivity contribution in [1.82, 2.24) is 5.32 Å². The van der Waals surface area contributed by atoms with Crippen LogP contribution in [0, 0.1) is 5.92 Å². The highest BCUT2D eigenvalue weighted by molar-refractivity contribution is 5.78. The summed E-state index contributed by atoms with van der Waals surface area (Å²) in [7, 11) is 0. The lowest BCUT2D eigenvalue weighted by atomic mass is 10.2. The van der Waals surface area contributed by atoms with E-state index in [9.17, 15) is 9.59 Å². The molecule has 0 aromatic heterocycles. The van der Waals surface area contributed by atoms with E-state index in [1.807, 2.05) is 13.0 Å². The molecule has 0 spiro atoms. The maximum atomic E-state index is 11.5. The zero-order valence-electron chi connectivity index (χ0n) is 11.6. The van der Waals surface area contributed by atoms with Crippen molar-refractivity contribution < 1.29 is 24.2 Å². The van der Waals surface area contributed by atoms with Crippen LogP contribution < -0.4 is 14.8 Å². The van der Waals surface area contributed by atoms with Gasteiger partial charge in [-0.25, -0.2) is 0 Å². The molecule has 1 amide bonds. The first-order valence-corrected chi connectivity index (χ1v) is 6.38. The van der Waals surface area contributed by atoms with Crippen LogP contribution in [-0.2, 0) is 9.59 Å². The summed E-state index contributed by atoms with van der Waals surface area (Å²) in [6, 6.07) is 7.05. The molecule has 20 heavy (non-hydrogen) atoms.